The highest BCUT2D eigenvalue weighted by Gasteiger charge is 2.09. The van der Waals surface area contributed by atoms with Crippen molar-refractivity contribution < 1.29 is 9.47 Å². The normalized spacial score (nSPS) is 10.4. The summed E-state index contributed by atoms with van der Waals surface area (Å²) >= 11 is 3.34. The summed E-state index contributed by atoms with van der Waals surface area (Å²) in [7, 11) is 0. The molecule has 0 fully saturated rings. The quantitative estimate of drug-likeness (QED) is 0.786. The number of hydrogen-bond acceptors (Lipinski definition) is 4. The highest BCUT2D eigenvalue weighted by Crippen LogP contribution is 2.20. The van der Waals surface area contributed by atoms with E-state index in [1.54, 1.807) is 6.07 Å². The summed E-state index contributed by atoms with van der Waals surface area (Å²) in [5.74, 6) is 0. The van der Waals surface area contributed by atoms with Gasteiger partial charge in [-0.3, -0.25) is 0 Å². The third-order valence-corrected chi connectivity index (χ3v) is 2.76. The summed E-state index contributed by atoms with van der Waals surface area (Å²) in [6.07, 6.45) is -0.296. The van der Waals surface area contributed by atoms with Gasteiger partial charge in [-0.2, -0.15) is 5.26 Å². The smallest absolute Gasteiger partial charge is 0.174 e. The van der Waals surface area contributed by atoms with Gasteiger partial charge in [0.1, 0.15) is 6.07 Å². The lowest BCUT2D eigenvalue weighted by Crippen LogP contribution is -2.26. The molecule has 0 unspecified atom stereocenters. The molecule has 1 aromatic rings. The zero-order valence-electron chi connectivity index (χ0n) is 10.6. The van der Waals surface area contributed by atoms with Gasteiger partial charge in [-0.15, -0.1) is 0 Å². The maximum Gasteiger partial charge on any atom is 0.174 e. The van der Waals surface area contributed by atoms with Crippen molar-refractivity contribution in [1.82, 2.24) is 0 Å². The van der Waals surface area contributed by atoms with Gasteiger partial charge >= 0.3 is 0 Å². The maximum absolute atomic E-state index is 9.04. The van der Waals surface area contributed by atoms with Crippen molar-refractivity contribution >= 4 is 21.6 Å². The van der Waals surface area contributed by atoms with E-state index in [1.165, 1.54) is 0 Å². The van der Waals surface area contributed by atoms with Gasteiger partial charge in [-0.1, -0.05) is 15.9 Å². The van der Waals surface area contributed by atoms with Crippen molar-refractivity contribution in [1.29, 1.82) is 5.26 Å². The predicted molar refractivity (Wildman–Crippen MR) is 74.4 cm³/mol. The van der Waals surface area contributed by atoms with E-state index in [1.807, 2.05) is 26.0 Å². The van der Waals surface area contributed by atoms with Gasteiger partial charge in [0.05, 0.1) is 17.8 Å². The molecule has 1 aromatic carbocycles. The number of hydrogen-bond donors (Lipinski definition) is 1. The Balaban J connectivity index is 2.64. The van der Waals surface area contributed by atoms with Crippen LogP contribution in [0.1, 0.15) is 19.4 Å². The fourth-order valence-electron chi connectivity index (χ4n) is 1.49. The zero-order chi connectivity index (χ0) is 13.4. The Kier molecular flexibility index (Phi) is 6.73. The van der Waals surface area contributed by atoms with Crippen LogP contribution in [0.2, 0.25) is 0 Å². The van der Waals surface area contributed by atoms with Crippen molar-refractivity contribution in [3.8, 4) is 6.07 Å². The second kappa shape index (κ2) is 8.09. The summed E-state index contributed by atoms with van der Waals surface area (Å²) in [6, 6.07) is 7.67. The van der Waals surface area contributed by atoms with Crippen molar-refractivity contribution in [2.24, 2.45) is 0 Å². The molecule has 0 aromatic heterocycles. The van der Waals surface area contributed by atoms with Gasteiger partial charge in [0.15, 0.2) is 6.29 Å². The van der Waals surface area contributed by atoms with Crippen LogP contribution in [0.4, 0.5) is 5.69 Å². The molecule has 0 bridgehead atoms. The third-order valence-electron chi connectivity index (χ3n) is 2.27. The summed E-state index contributed by atoms with van der Waals surface area (Å²) in [5, 5.41) is 12.2. The second-order valence-corrected chi connectivity index (χ2v) is 4.44. The fraction of sp³-hybridized carbons (Fsp3) is 0.462. The molecular weight excluding hydrogens is 296 g/mol. The molecule has 0 atom stereocenters. The van der Waals surface area contributed by atoms with Crippen LogP contribution in [0.3, 0.4) is 0 Å². The zero-order valence-corrected chi connectivity index (χ0v) is 12.2. The molecule has 1 rings (SSSR count). The monoisotopic (exact) mass is 312 g/mol. The van der Waals surface area contributed by atoms with Gasteiger partial charge in [0.2, 0.25) is 0 Å². The minimum absolute atomic E-state index is 0.296. The first kappa shape index (κ1) is 15.0. The number of nitriles is 1. The SMILES string of the molecule is CCOC(CNc1ccc(Br)cc1C#N)OCC. The van der Waals surface area contributed by atoms with Crippen LogP contribution < -0.4 is 5.32 Å². The topological polar surface area (TPSA) is 54.3 Å². The van der Waals surface area contributed by atoms with Crippen LogP contribution in [-0.4, -0.2) is 26.0 Å². The number of nitrogens with zero attached hydrogens (tertiary/aromatic N) is 1. The number of benzene rings is 1. The summed E-state index contributed by atoms with van der Waals surface area (Å²) < 4.78 is 11.7. The van der Waals surface area contributed by atoms with Crippen LogP contribution in [0.25, 0.3) is 0 Å². The predicted octanol–water partition coefficient (Wildman–Crippen LogP) is 3.13. The number of ether oxygens (including phenoxy) is 2. The summed E-state index contributed by atoms with van der Waals surface area (Å²) in [5.41, 5.74) is 1.38. The average Bonchev–Trinajstić information content (AvgIpc) is 2.37. The van der Waals surface area contributed by atoms with Crippen LogP contribution >= 0.6 is 15.9 Å². The number of anilines is 1. The van der Waals surface area contributed by atoms with E-state index in [2.05, 4.69) is 27.3 Å². The molecule has 0 saturated carbocycles. The molecule has 0 radical (unpaired) electrons. The lowest BCUT2D eigenvalue weighted by Gasteiger charge is -2.18. The van der Waals surface area contributed by atoms with E-state index in [-0.39, 0.29) is 6.29 Å². The molecule has 0 amide bonds. The van der Waals surface area contributed by atoms with Gasteiger partial charge in [0, 0.05) is 17.7 Å². The molecule has 98 valence electrons. The van der Waals surface area contributed by atoms with Crippen molar-refractivity contribution in [2.75, 3.05) is 25.1 Å². The van der Waals surface area contributed by atoms with Crippen LogP contribution in [0.15, 0.2) is 22.7 Å². The number of rotatable bonds is 7. The molecule has 0 aliphatic rings. The fourth-order valence-corrected chi connectivity index (χ4v) is 1.86. The van der Waals surface area contributed by atoms with Gasteiger partial charge < -0.3 is 14.8 Å². The largest absolute Gasteiger partial charge is 0.379 e. The number of halogens is 1. The van der Waals surface area contributed by atoms with Crippen LogP contribution in [0, 0.1) is 11.3 Å². The first-order valence-corrected chi connectivity index (χ1v) is 6.67. The van der Waals surface area contributed by atoms with Gasteiger partial charge in [0.25, 0.3) is 0 Å². The van der Waals surface area contributed by atoms with E-state index in [4.69, 9.17) is 14.7 Å². The molecular formula is C13H17BrN2O2. The van der Waals surface area contributed by atoms with Crippen molar-refractivity contribution in [2.45, 2.75) is 20.1 Å². The molecule has 0 spiro atoms. The van der Waals surface area contributed by atoms with E-state index in [0.29, 0.717) is 25.3 Å². The molecule has 0 saturated heterocycles. The first-order chi connectivity index (χ1) is 8.71. The first-order valence-electron chi connectivity index (χ1n) is 5.88. The summed E-state index contributed by atoms with van der Waals surface area (Å²) in [6.45, 7) is 5.55. The lowest BCUT2D eigenvalue weighted by molar-refractivity contribution is -0.126. The van der Waals surface area contributed by atoms with Gasteiger partial charge in [-0.05, 0) is 32.0 Å². The minimum atomic E-state index is -0.296. The average molecular weight is 313 g/mol. The molecule has 0 heterocycles. The summed E-state index contributed by atoms with van der Waals surface area (Å²) in [4.78, 5) is 0. The molecule has 0 aliphatic heterocycles. The highest BCUT2D eigenvalue weighted by molar-refractivity contribution is 9.10. The number of nitrogens with one attached hydrogen (secondary N) is 1. The maximum atomic E-state index is 9.04. The van der Waals surface area contributed by atoms with Crippen molar-refractivity contribution in [3.63, 3.8) is 0 Å². The molecule has 18 heavy (non-hydrogen) atoms. The van der Waals surface area contributed by atoms with Gasteiger partial charge in [-0.25, -0.2) is 0 Å². The van der Waals surface area contributed by atoms with Crippen LogP contribution in [-0.2, 0) is 9.47 Å². The Hall–Kier alpha value is -1.09. The van der Waals surface area contributed by atoms with E-state index >= 15 is 0 Å². The molecule has 4 nitrogen and oxygen atoms in total. The highest BCUT2D eigenvalue weighted by atomic mass is 79.9. The molecule has 5 heteroatoms. The molecule has 0 aliphatic carbocycles. The van der Waals surface area contributed by atoms with E-state index in [9.17, 15) is 0 Å². The Morgan fingerprint density at radius 3 is 2.56 bits per heavy atom. The van der Waals surface area contributed by atoms with E-state index < -0.39 is 0 Å². The standard InChI is InChI=1S/C13H17BrN2O2/c1-3-17-13(18-4-2)9-16-12-6-5-11(14)7-10(12)8-15/h5-7,13,16H,3-4,9H2,1-2H3. The minimum Gasteiger partial charge on any atom is -0.379 e. The third kappa shape index (κ3) is 4.65. The van der Waals surface area contributed by atoms with Crippen LogP contribution in [0.5, 0.6) is 0 Å². The lowest BCUT2D eigenvalue weighted by atomic mass is 10.2. The Bertz CT molecular complexity index is 412. The molecule has 1 N–H and O–H groups in total. The second-order valence-electron chi connectivity index (χ2n) is 3.52. The Morgan fingerprint density at radius 2 is 2.00 bits per heavy atom. The Labute approximate surface area is 116 Å². The Morgan fingerprint density at radius 1 is 1.33 bits per heavy atom. The van der Waals surface area contributed by atoms with E-state index in [0.717, 1.165) is 10.2 Å². The van der Waals surface area contributed by atoms with Crippen molar-refractivity contribution in [3.05, 3.63) is 28.2 Å².